The highest BCUT2D eigenvalue weighted by Gasteiger charge is 2.33. The number of hydrogen-bond acceptors (Lipinski definition) is 4. The summed E-state index contributed by atoms with van der Waals surface area (Å²) < 4.78 is 40.6. The number of amides is 2. The van der Waals surface area contributed by atoms with Crippen molar-refractivity contribution in [1.82, 2.24) is 5.32 Å². The highest BCUT2D eigenvalue weighted by Crippen LogP contribution is 2.28. The van der Waals surface area contributed by atoms with E-state index in [0.29, 0.717) is 16.9 Å². The fourth-order valence-electron chi connectivity index (χ4n) is 2.60. The number of nitrogens with zero attached hydrogens (tertiary/aromatic N) is 1. The second kappa shape index (κ2) is 7.92. The summed E-state index contributed by atoms with van der Waals surface area (Å²) >= 11 is 5.18. The van der Waals surface area contributed by atoms with Gasteiger partial charge in [-0.15, -0.1) is 13.2 Å². The van der Waals surface area contributed by atoms with Crippen molar-refractivity contribution in [1.29, 1.82) is 0 Å². The summed E-state index contributed by atoms with van der Waals surface area (Å²) in [5.41, 5.74) is 1.81. The Morgan fingerprint density at radius 1 is 1.14 bits per heavy atom. The van der Waals surface area contributed by atoms with Crippen LogP contribution >= 0.6 is 12.2 Å². The van der Waals surface area contributed by atoms with Crippen molar-refractivity contribution in [3.63, 3.8) is 0 Å². The van der Waals surface area contributed by atoms with E-state index in [1.54, 1.807) is 30.3 Å². The van der Waals surface area contributed by atoms with Gasteiger partial charge in [-0.05, 0) is 60.3 Å². The van der Waals surface area contributed by atoms with Crippen molar-refractivity contribution >= 4 is 46.6 Å². The molecule has 0 saturated carbocycles. The molecule has 0 unspecified atom stereocenters. The molecular formula is C19H14F3N3O3S. The molecule has 0 aromatic heterocycles. The van der Waals surface area contributed by atoms with Crippen LogP contribution in [-0.4, -0.2) is 23.3 Å². The minimum Gasteiger partial charge on any atom is -0.406 e. The molecule has 1 aliphatic rings. The second-order valence-electron chi connectivity index (χ2n) is 5.97. The molecule has 150 valence electrons. The predicted octanol–water partition coefficient (Wildman–Crippen LogP) is 3.81. The molecule has 3 rings (SSSR count). The van der Waals surface area contributed by atoms with Crippen LogP contribution in [0, 0.1) is 0 Å². The van der Waals surface area contributed by atoms with Gasteiger partial charge in [-0.1, -0.05) is 12.1 Å². The molecule has 6 nitrogen and oxygen atoms in total. The number of carbonyl (C=O) groups excluding carboxylic acids is 2. The van der Waals surface area contributed by atoms with Gasteiger partial charge in [0, 0.05) is 12.6 Å². The van der Waals surface area contributed by atoms with Crippen LogP contribution in [0.1, 0.15) is 12.5 Å². The molecule has 29 heavy (non-hydrogen) atoms. The minimum absolute atomic E-state index is 0.0978. The van der Waals surface area contributed by atoms with Crippen LogP contribution in [0.4, 0.5) is 24.5 Å². The predicted molar refractivity (Wildman–Crippen MR) is 105 cm³/mol. The maximum absolute atomic E-state index is 12.7. The summed E-state index contributed by atoms with van der Waals surface area (Å²) in [6.07, 6.45) is -3.22. The van der Waals surface area contributed by atoms with E-state index >= 15 is 0 Å². The van der Waals surface area contributed by atoms with E-state index in [1.165, 1.54) is 24.0 Å². The molecule has 2 N–H and O–H groups in total. The van der Waals surface area contributed by atoms with Crippen LogP contribution in [0.3, 0.4) is 0 Å². The third kappa shape index (κ3) is 5.11. The first-order valence-corrected chi connectivity index (χ1v) is 8.64. The molecule has 2 amide bonds. The number of rotatable bonds is 4. The number of anilines is 2. The Kier molecular flexibility index (Phi) is 5.55. The first-order valence-electron chi connectivity index (χ1n) is 8.23. The van der Waals surface area contributed by atoms with Gasteiger partial charge in [-0.2, -0.15) is 0 Å². The Labute approximate surface area is 168 Å². The fourth-order valence-corrected chi connectivity index (χ4v) is 2.90. The monoisotopic (exact) mass is 421 g/mol. The SMILES string of the molecule is CC(=O)Nc1ccc(/C=C2\NC(=S)N(c3ccc(OC(F)(F)F)cc3)C2=O)cc1. The van der Waals surface area contributed by atoms with Crippen molar-refractivity contribution in [3.8, 4) is 5.75 Å². The van der Waals surface area contributed by atoms with Crippen LogP contribution < -0.4 is 20.3 Å². The maximum Gasteiger partial charge on any atom is 0.573 e. The van der Waals surface area contributed by atoms with Crippen molar-refractivity contribution < 1.29 is 27.5 Å². The molecule has 1 heterocycles. The standard InChI is InChI=1S/C19H14F3N3O3S/c1-11(26)23-13-4-2-12(3-5-13)10-16-17(27)25(18(29)24-16)14-6-8-15(9-7-14)28-19(20,21)22/h2-10H,1H3,(H,23,26)(H,24,29)/b16-10-. The van der Waals surface area contributed by atoms with Gasteiger partial charge in [0.15, 0.2) is 5.11 Å². The number of thiocarbonyl (C=S) groups is 1. The largest absolute Gasteiger partial charge is 0.573 e. The van der Waals surface area contributed by atoms with E-state index < -0.39 is 18.0 Å². The van der Waals surface area contributed by atoms with Crippen molar-refractivity contribution in [2.45, 2.75) is 13.3 Å². The second-order valence-corrected chi connectivity index (χ2v) is 6.36. The van der Waals surface area contributed by atoms with Gasteiger partial charge in [0.1, 0.15) is 11.4 Å². The third-order valence-corrected chi connectivity index (χ3v) is 4.03. The Bertz CT molecular complexity index is 986. The lowest BCUT2D eigenvalue weighted by Gasteiger charge is -2.15. The molecule has 0 spiro atoms. The van der Waals surface area contributed by atoms with E-state index in [4.69, 9.17) is 12.2 Å². The van der Waals surface area contributed by atoms with Gasteiger partial charge in [0.2, 0.25) is 5.91 Å². The zero-order valence-corrected chi connectivity index (χ0v) is 15.7. The summed E-state index contributed by atoms with van der Waals surface area (Å²) in [6, 6.07) is 11.6. The number of hydrogen-bond donors (Lipinski definition) is 2. The first-order chi connectivity index (χ1) is 13.6. The summed E-state index contributed by atoms with van der Waals surface area (Å²) in [5, 5.41) is 5.52. The average Bonchev–Trinajstić information content (AvgIpc) is 2.89. The van der Waals surface area contributed by atoms with Gasteiger partial charge in [-0.3, -0.25) is 14.5 Å². The van der Waals surface area contributed by atoms with E-state index in [1.807, 2.05) is 0 Å². The maximum atomic E-state index is 12.7. The third-order valence-electron chi connectivity index (χ3n) is 3.75. The lowest BCUT2D eigenvalue weighted by Crippen LogP contribution is -2.30. The topological polar surface area (TPSA) is 70.7 Å². The first kappa shape index (κ1) is 20.3. The lowest BCUT2D eigenvalue weighted by atomic mass is 10.1. The molecule has 2 aromatic carbocycles. The highest BCUT2D eigenvalue weighted by atomic mass is 32.1. The molecule has 1 saturated heterocycles. The lowest BCUT2D eigenvalue weighted by molar-refractivity contribution is -0.274. The smallest absolute Gasteiger partial charge is 0.406 e. The summed E-state index contributed by atoms with van der Waals surface area (Å²) in [4.78, 5) is 24.9. The van der Waals surface area contributed by atoms with Crippen molar-refractivity contribution in [2.24, 2.45) is 0 Å². The molecular weight excluding hydrogens is 407 g/mol. The summed E-state index contributed by atoms with van der Waals surface area (Å²) in [5.74, 6) is -1.05. The molecule has 1 fully saturated rings. The molecule has 2 aromatic rings. The fraction of sp³-hybridized carbons (Fsp3) is 0.105. The number of carbonyl (C=O) groups is 2. The van der Waals surface area contributed by atoms with Gasteiger partial charge in [0.25, 0.3) is 5.91 Å². The van der Waals surface area contributed by atoms with Gasteiger partial charge in [0.05, 0.1) is 5.69 Å². The number of benzene rings is 2. The molecule has 0 bridgehead atoms. The number of alkyl halides is 3. The Balaban J connectivity index is 1.77. The van der Waals surface area contributed by atoms with Crippen molar-refractivity contribution in [2.75, 3.05) is 10.2 Å². The van der Waals surface area contributed by atoms with Crippen LogP contribution in [0.5, 0.6) is 5.75 Å². The number of ether oxygens (including phenoxy) is 1. The summed E-state index contributed by atoms with van der Waals surface area (Å²) in [6.45, 7) is 1.40. The molecule has 10 heteroatoms. The van der Waals surface area contributed by atoms with Crippen LogP contribution in [-0.2, 0) is 9.59 Å². The Hall–Kier alpha value is -3.40. The normalized spacial score (nSPS) is 15.4. The molecule has 0 radical (unpaired) electrons. The number of halogens is 3. The van der Waals surface area contributed by atoms with Gasteiger partial charge >= 0.3 is 6.36 Å². The van der Waals surface area contributed by atoms with Crippen LogP contribution in [0.25, 0.3) is 6.08 Å². The zero-order valence-electron chi connectivity index (χ0n) is 14.9. The van der Waals surface area contributed by atoms with Crippen LogP contribution in [0.2, 0.25) is 0 Å². The number of nitrogens with one attached hydrogen (secondary N) is 2. The summed E-state index contributed by atoms with van der Waals surface area (Å²) in [7, 11) is 0. The van der Waals surface area contributed by atoms with Gasteiger partial charge < -0.3 is 15.4 Å². The molecule has 0 aliphatic carbocycles. The molecule has 1 aliphatic heterocycles. The van der Waals surface area contributed by atoms with E-state index in [9.17, 15) is 22.8 Å². The minimum atomic E-state index is -4.80. The molecule has 0 atom stereocenters. The highest BCUT2D eigenvalue weighted by molar-refractivity contribution is 7.80. The van der Waals surface area contributed by atoms with E-state index in [-0.39, 0.29) is 16.7 Å². The van der Waals surface area contributed by atoms with Gasteiger partial charge in [-0.25, -0.2) is 0 Å². The van der Waals surface area contributed by atoms with E-state index in [2.05, 4.69) is 15.4 Å². The van der Waals surface area contributed by atoms with Crippen molar-refractivity contribution in [3.05, 3.63) is 59.8 Å². The Morgan fingerprint density at radius 2 is 1.76 bits per heavy atom. The zero-order chi connectivity index (χ0) is 21.2. The average molecular weight is 421 g/mol. The quantitative estimate of drug-likeness (QED) is 0.581. The Morgan fingerprint density at radius 3 is 2.31 bits per heavy atom. The van der Waals surface area contributed by atoms with E-state index in [0.717, 1.165) is 12.1 Å². The van der Waals surface area contributed by atoms with Crippen LogP contribution in [0.15, 0.2) is 54.2 Å².